The van der Waals surface area contributed by atoms with E-state index in [1.807, 2.05) is 30.3 Å². The van der Waals surface area contributed by atoms with E-state index in [2.05, 4.69) is 4.72 Å². The first-order valence-electron chi connectivity index (χ1n) is 6.68. The van der Waals surface area contributed by atoms with Crippen molar-refractivity contribution >= 4 is 32.4 Å². The first-order valence-corrected chi connectivity index (χ1v) is 8.70. The lowest BCUT2D eigenvalue weighted by Crippen LogP contribution is -2.25. The second kappa shape index (κ2) is 7.07. The Bertz CT molecular complexity index is 665. The maximum atomic E-state index is 12.3. The van der Waals surface area contributed by atoms with Crippen LogP contribution in [-0.4, -0.2) is 20.8 Å². The molecule has 2 aromatic rings. The Morgan fingerprint density at radius 3 is 2.50 bits per heavy atom. The minimum absolute atomic E-state index is 0.341. The van der Waals surface area contributed by atoms with Crippen LogP contribution in [-0.2, 0) is 10.0 Å². The summed E-state index contributed by atoms with van der Waals surface area (Å²) in [5.74, 6) is 0.621. The Morgan fingerprint density at radius 1 is 0.950 bits per heavy atom. The molecule has 0 radical (unpaired) electrons. The van der Waals surface area contributed by atoms with Crippen LogP contribution in [0, 0.1) is 0 Å². The van der Waals surface area contributed by atoms with E-state index in [9.17, 15) is 8.42 Å². The summed E-state index contributed by atoms with van der Waals surface area (Å²) in [6.07, 6.45) is 2.65. The van der Waals surface area contributed by atoms with Crippen LogP contribution >= 0.6 is 11.6 Å². The molecular formula is C15H18ClNO2S. The highest BCUT2D eigenvalue weighted by atomic mass is 35.5. The third-order valence-corrected chi connectivity index (χ3v) is 4.93. The Morgan fingerprint density at radius 2 is 1.70 bits per heavy atom. The van der Waals surface area contributed by atoms with E-state index in [0.29, 0.717) is 17.3 Å². The van der Waals surface area contributed by atoms with Crippen molar-refractivity contribution in [3.63, 3.8) is 0 Å². The summed E-state index contributed by atoms with van der Waals surface area (Å²) in [6.45, 7) is 0.447. The van der Waals surface area contributed by atoms with Gasteiger partial charge in [-0.05, 0) is 24.3 Å². The number of alkyl halides is 1. The second-order valence-electron chi connectivity index (χ2n) is 4.62. The van der Waals surface area contributed by atoms with Gasteiger partial charge in [0.25, 0.3) is 0 Å². The van der Waals surface area contributed by atoms with Gasteiger partial charge in [-0.25, -0.2) is 13.1 Å². The van der Waals surface area contributed by atoms with Crippen LogP contribution in [0.15, 0.2) is 47.4 Å². The SMILES string of the molecule is O=S(=O)(NCCCCCCl)c1cccc2ccccc12. The average Bonchev–Trinajstić information content (AvgIpc) is 2.46. The van der Waals surface area contributed by atoms with Gasteiger partial charge in [0.05, 0.1) is 4.90 Å². The standard InChI is InChI=1S/C15H18ClNO2S/c16-11-4-1-5-12-17-20(18,19)15-10-6-8-13-7-2-3-9-14(13)15/h2-3,6-10,17H,1,4-5,11-12H2. The van der Waals surface area contributed by atoms with Crippen LogP contribution in [0.2, 0.25) is 0 Å². The van der Waals surface area contributed by atoms with Gasteiger partial charge in [0.2, 0.25) is 10.0 Å². The van der Waals surface area contributed by atoms with Crippen molar-refractivity contribution in [3.05, 3.63) is 42.5 Å². The second-order valence-corrected chi connectivity index (χ2v) is 6.74. The van der Waals surface area contributed by atoms with E-state index in [4.69, 9.17) is 11.6 Å². The maximum Gasteiger partial charge on any atom is 0.241 e. The number of unbranched alkanes of at least 4 members (excludes halogenated alkanes) is 2. The summed E-state index contributed by atoms with van der Waals surface area (Å²) < 4.78 is 27.3. The van der Waals surface area contributed by atoms with Crippen molar-refractivity contribution < 1.29 is 8.42 Å². The molecule has 20 heavy (non-hydrogen) atoms. The maximum absolute atomic E-state index is 12.3. The molecule has 0 atom stereocenters. The molecule has 0 fully saturated rings. The Balaban J connectivity index is 2.15. The number of hydrogen-bond acceptors (Lipinski definition) is 2. The first-order chi connectivity index (χ1) is 9.65. The molecule has 2 aromatic carbocycles. The van der Waals surface area contributed by atoms with E-state index in [-0.39, 0.29) is 0 Å². The number of benzene rings is 2. The topological polar surface area (TPSA) is 46.2 Å². The van der Waals surface area contributed by atoms with Gasteiger partial charge in [0, 0.05) is 17.8 Å². The number of hydrogen-bond donors (Lipinski definition) is 1. The highest BCUT2D eigenvalue weighted by Gasteiger charge is 2.15. The van der Waals surface area contributed by atoms with Crippen molar-refractivity contribution in [2.45, 2.75) is 24.2 Å². The van der Waals surface area contributed by atoms with Crippen molar-refractivity contribution in [1.29, 1.82) is 0 Å². The number of sulfonamides is 1. The molecule has 0 saturated carbocycles. The predicted molar refractivity (Wildman–Crippen MR) is 83.7 cm³/mol. The molecule has 0 amide bonds. The summed E-state index contributed by atoms with van der Waals surface area (Å²) in [5, 5.41) is 1.68. The number of rotatable bonds is 7. The fourth-order valence-corrected chi connectivity index (χ4v) is 3.60. The molecule has 108 valence electrons. The Kier molecular flexibility index (Phi) is 5.40. The Labute approximate surface area is 125 Å². The van der Waals surface area contributed by atoms with Crippen LogP contribution in [0.25, 0.3) is 10.8 Å². The van der Waals surface area contributed by atoms with Gasteiger partial charge >= 0.3 is 0 Å². The van der Waals surface area contributed by atoms with Gasteiger partial charge in [-0.3, -0.25) is 0 Å². The largest absolute Gasteiger partial charge is 0.241 e. The molecule has 2 rings (SSSR count). The average molecular weight is 312 g/mol. The van der Waals surface area contributed by atoms with Crippen LogP contribution in [0.1, 0.15) is 19.3 Å². The van der Waals surface area contributed by atoms with Gasteiger partial charge < -0.3 is 0 Å². The number of halogens is 1. The minimum Gasteiger partial charge on any atom is -0.211 e. The molecule has 0 saturated heterocycles. The lowest BCUT2D eigenvalue weighted by atomic mass is 10.1. The van der Waals surface area contributed by atoms with Crippen LogP contribution in [0.4, 0.5) is 0 Å². The van der Waals surface area contributed by atoms with Gasteiger partial charge in [-0.15, -0.1) is 11.6 Å². The van der Waals surface area contributed by atoms with Crippen LogP contribution in [0.5, 0.6) is 0 Å². The highest BCUT2D eigenvalue weighted by molar-refractivity contribution is 7.89. The zero-order chi connectivity index (χ0) is 14.4. The molecule has 3 nitrogen and oxygen atoms in total. The molecule has 0 aliphatic carbocycles. The molecular weight excluding hydrogens is 294 g/mol. The van der Waals surface area contributed by atoms with E-state index in [1.54, 1.807) is 12.1 Å². The highest BCUT2D eigenvalue weighted by Crippen LogP contribution is 2.22. The molecule has 5 heteroatoms. The molecule has 0 unspecified atom stereocenters. The Hall–Kier alpha value is -1.10. The normalized spacial score (nSPS) is 11.8. The molecule has 0 aliphatic heterocycles. The summed E-state index contributed by atoms with van der Waals surface area (Å²) >= 11 is 5.59. The summed E-state index contributed by atoms with van der Waals surface area (Å²) in [7, 11) is -3.46. The summed E-state index contributed by atoms with van der Waals surface area (Å²) in [4.78, 5) is 0.341. The molecule has 0 spiro atoms. The van der Waals surface area contributed by atoms with Gasteiger partial charge in [-0.1, -0.05) is 42.8 Å². The van der Waals surface area contributed by atoms with Gasteiger partial charge in [0.1, 0.15) is 0 Å². The fraction of sp³-hybridized carbons (Fsp3) is 0.333. The lowest BCUT2D eigenvalue weighted by Gasteiger charge is -2.09. The van der Waals surface area contributed by atoms with E-state index >= 15 is 0 Å². The van der Waals surface area contributed by atoms with Crippen molar-refractivity contribution in [3.8, 4) is 0 Å². The molecule has 0 aliphatic rings. The smallest absolute Gasteiger partial charge is 0.211 e. The predicted octanol–water partition coefficient (Wildman–Crippen LogP) is 3.53. The van der Waals surface area contributed by atoms with Crippen molar-refractivity contribution in [2.75, 3.05) is 12.4 Å². The molecule has 1 N–H and O–H groups in total. The molecule has 0 aromatic heterocycles. The summed E-state index contributed by atoms with van der Waals surface area (Å²) in [5.41, 5.74) is 0. The lowest BCUT2D eigenvalue weighted by molar-refractivity contribution is 0.577. The summed E-state index contributed by atoms with van der Waals surface area (Å²) in [6, 6.07) is 12.8. The van der Waals surface area contributed by atoms with Gasteiger partial charge in [-0.2, -0.15) is 0 Å². The van der Waals surface area contributed by atoms with E-state index in [0.717, 1.165) is 30.0 Å². The molecule has 0 bridgehead atoms. The van der Waals surface area contributed by atoms with E-state index in [1.165, 1.54) is 0 Å². The minimum atomic E-state index is -3.46. The number of fused-ring (bicyclic) bond motifs is 1. The third kappa shape index (κ3) is 3.72. The fourth-order valence-electron chi connectivity index (χ4n) is 2.11. The zero-order valence-electron chi connectivity index (χ0n) is 11.2. The monoisotopic (exact) mass is 311 g/mol. The van der Waals surface area contributed by atoms with E-state index < -0.39 is 10.0 Å². The number of nitrogens with one attached hydrogen (secondary N) is 1. The quantitative estimate of drug-likeness (QED) is 0.628. The van der Waals surface area contributed by atoms with Crippen molar-refractivity contribution in [2.24, 2.45) is 0 Å². The van der Waals surface area contributed by atoms with Crippen LogP contribution in [0.3, 0.4) is 0 Å². The van der Waals surface area contributed by atoms with Crippen molar-refractivity contribution in [1.82, 2.24) is 4.72 Å². The zero-order valence-corrected chi connectivity index (χ0v) is 12.8. The van der Waals surface area contributed by atoms with Gasteiger partial charge in [0.15, 0.2) is 0 Å². The first kappa shape index (κ1) is 15.3. The van der Waals surface area contributed by atoms with Crippen LogP contribution < -0.4 is 4.72 Å². The molecule has 0 heterocycles. The third-order valence-electron chi connectivity index (χ3n) is 3.14.